The maximum Gasteiger partial charge on any atom is 0.224 e. The molecular formula is C16H13N5. The molecule has 0 bridgehead atoms. The Hall–Kier alpha value is -3.13. The topological polar surface area (TPSA) is 73.6 Å². The molecule has 5 heteroatoms. The SMILES string of the molecule is CNc1nc(Nc2ccc(C#N)cc2)c2ccccc2n1. The molecule has 0 saturated heterocycles. The van der Waals surface area contributed by atoms with Crippen molar-refractivity contribution >= 4 is 28.4 Å². The smallest absolute Gasteiger partial charge is 0.224 e. The van der Waals surface area contributed by atoms with Crippen LogP contribution in [0.25, 0.3) is 10.9 Å². The largest absolute Gasteiger partial charge is 0.357 e. The molecule has 0 saturated carbocycles. The molecule has 21 heavy (non-hydrogen) atoms. The summed E-state index contributed by atoms with van der Waals surface area (Å²) in [6.07, 6.45) is 0. The van der Waals surface area contributed by atoms with Crippen LogP contribution in [0.15, 0.2) is 48.5 Å². The first-order valence-corrected chi connectivity index (χ1v) is 6.52. The normalized spacial score (nSPS) is 10.1. The van der Waals surface area contributed by atoms with E-state index in [-0.39, 0.29) is 0 Å². The van der Waals surface area contributed by atoms with E-state index >= 15 is 0 Å². The van der Waals surface area contributed by atoms with Crippen LogP contribution in [0.1, 0.15) is 5.56 Å². The van der Waals surface area contributed by atoms with E-state index in [0.717, 1.165) is 22.4 Å². The van der Waals surface area contributed by atoms with Crippen molar-refractivity contribution in [2.75, 3.05) is 17.7 Å². The van der Waals surface area contributed by atoms with Gasteiger partial charge in [0, 0.05) is 18.1 Å². The maximum atomic E-state index is 8.83. The van der Waals surface area contributed by atoms with E-state index in [1.165, 1.54) is 0 Å². The zero-order valence-electron chi connectivity index (χ0n) is 11.5. The number of hydrogen-bond acceptors (Lipinski definition) is 5. The van der Waals surface area contributed by atoms with Gasteiger partial charge in [-0.3, -0.25) is 0 Å². The third-order valence-corrected chi connectivity index (χ3v) is 3.10. The highest BCUT2D eigenvalue weighted by Gasteiger charge is 2.06. The highest BCUT2D eigenvalue weighted by molar-refractivity contribution is 5.91. The van der Waals surface area contributed by atoms with Crippen LogP contribution < -0.4 is 10.6 Å². The molecule has 0 atom stereocenters. The maximum absolute atomic E-state index is 8.83. The Morgan fingerprint density at radius 3 is 2.48 bits per heavy atom. The fraction of sp³-hybridized carbons (Fsp3) is 0.0625. The van der Waals surface area contributed by atoms with E-state index in [1.54, 1.807) is 19.2 Å². The van der Waals surface area contributed by atoms with Crippen molar-refractivity contribution in [3.05, 3.63) is 54.1 Å². The van der Waals surface area contributed by atoms with Gasteiger partial charge in [-0.25, -0.2) is 4.98 Å². The molecule has 0 aliphatic heterocycles. The van der Waals surface area contributed by atoms with E-state index < -0.39 is 0 Å². The van der Waals surface area contributed by atoms with Gasteiger partial charge < -0.3 is 10.6 Å². The van der Waals surface area contributed by atoms with Crippen molar-refractivity contribution in [1.29, 1.82) is 5.26 Å². The summed E-state index contributed by atoms with van der Waals surface area (Å²) in [5.41, 5.74) is 2.37. The number of anilines is 3. The van der Waals surface area contributed by atoms with Crippen molar-refractivity contribution in [1.82, 2.24) is 9.97 Å². The Morgan fingerprint density at radius 2 is 1.76 bits per heavy atom. The quantitative estimate of drug-likeness (QED) is 0.767. The van der Waals surface area contributed by atoms with Crippen molar-refractivity contribution in [3.63, 3.8) is 0 Å². The van der Waals surface area contributed by atoms with Crippen LogP contribution in [0.2, 0.25) is 0 Å². The second-order valence-electron chi connectivity index (χ2n) is 4.48. The molecule has 1 heterocycles. The molecule has 1 aromatic heterocycles. The van der Waals surface area contributed by atoms with E-state index in [9.17, 15) is 0 Å². The number of para-hydroxylation sites is 1. The lowest BCUT2D eigenvalue weighted by Gasteiger charge is -2.10. The first-order valence-electron chi connectivity index (χ1n) is 6.52. The first kappa shape index (κ1) is 12.9. The van der Waals surface area contributed by atoms with Crippen LogP contribution in [-0.2, 0) is 0 Å². The average molecular weight is 275 g/mol. The monoisotopic (exact) mass is 275 g/mol. The molecule has 3 aromatic rings. The standard InChI is InChI=1S/C16H13N5/c1-18-16-20-14-5-3-2-4-13(14)15(21-16)19-12-8-6-11(10-17)7-9-12/h2-9H,1H3,(H2,18,19,20,21). The van der Waals surface area contributed by atoms with Crippen LogP contribution in [0.3, 0.4) is 0 Å². The summed E-state index contributed by atoms with van der Waals surface area (Å²) in [4.78, 5) is 8.88. The lowest BCUT2D eigenvalue weighted by Crippen LogP contribution is -2.01. The number of benzene rings is 2. The van der Waals surface area contributed by atoms with Gasteiger partial charge in [-0.05, 0) is 36.4 Å². The number of aromatic nitrogens is 2. The van der Waals surface area contributed by atoms with Gasteiger partial charge in [0.15, 0.2) is 0 Å². The van der Waals surface area contributed by atoms with Crippen molar-refractivity contribution < 1.29 is 0 Å². The molecule has 0 aliphatic carbocycles. The van der Waals surface area contributed by atoms with Crippen LogP contribution >= 0.6 is 0 Å². The van der Waals surface area contributed by atoms with Crippen LogP contribution in [0.5, 0.6) is 0 Å². The summed E-state index contributed by atoms with van der Waals surface area (Å²) in [6.45, 7) is 0. The van der Waals surface area contributed by atoms with Crippen LogP contribution in [0.4, 0.5) is 17.5 Å². The molecule has 0 fully saturated rings. The summed E-state index contributed by atoms with van der Waals surface area (Å²) in [5.74, 6) is 1.29. The van der Waals surface area contributed by atoms with Crippen molar-refractivity contribution in [2.45, 2.75) is 0 Å². The number of nitriles is 1. The second-order valence-corrected chi connectivity index (χ2v) is 4.48. The molecule has 0 aliphatic rings. The zero-order chi connectivity index (χ0) is 14.7. The number of nitrogens with zero attached hydrogens (tertiary/aromatic N) is 3. The van der Waals surface area contributed by atoms with Crippen LogP contribution in [0, 0.1) is 11.3 Å². The molecule has 0 unspecified atom stereocenters. The minimum Gasteiger partial charge on any atom is -0.357 e. The molecule has 5 nitrogen and oxygen atoms in total. The second kappa shape index (κ2) is 5.47. The molecular weight excluding hydrogens is 262 g/mol. The Bertz CT molecular complexity index is 818. The molecule has 3 rings (SSSR count). The predicted molar refractivity (Wildman–Crippen MR) is 83.5 cm³/mol. The fourth-order valence-corrected chi connectivity index (χ4v) is 2.05. The fourth-order valence-electron chi connectivity index (χ4n) is 2.05. The summed E-state index contributed by atoms with van der Waals surface area (Å²) < 4.78 is 0. The predicted octanol–water partition coefficient (Wildman–Crippen LogP) is 3.29. The lowest BCUT2D eigenvalue weighted by molar-refractivity contribution is 1.19. The van der Waals surface area contributed by atoms with E-state index in [1.807, 2.05) is 36.4 Å². The molecule has 2 N–H and O–H groups in total. The highest BCUT2D eigenvalue weighted by Crippen LogP contribution is 2.25. The van der Waals surface area contributed by atoms with Gasteiger partial charge in [0.05, 0.1) is 17.1 Å². The summed E-state index contributed by atoms with van der Waals surface area (Å²) in [5, 5.41) is 16.0. The number of rotatable bonds is 3. The molecule has 2 aromatic carbocycles. The average Bonchev–Trinajstić information content (AvgIpc) is 2.55. The van der Waals surface area contributed by atoms with Gasteiger partial charge in [-0.1, -0.05) is 12.1 Å². The van der Waals surface area contributed by atoms with Crippen molar-refractivity contribution in [3.8, 4) is 6.07 Å². The van der Waals surface area contributed by atoms with E-state index in [0.29, 0.717) is 11.5 Å². The van der Waals surface area contributed by atoms with Gasteiger partial charge >= 0.3 is 0 Å². The molecule has 102 valence electrons. The van der Waals surface area contributed by atoms with Gasteiger partial charge in [0.2, 0.25) is 5.95 Å². The van der Waals surface area contributed by atoms with Crippen LogP contribution in [-0.4, -0.2) is 17.0 Å². The number of hydrogen-bond donors (Lipinski definition) is 2. The Kier molecular flexibility index (Phi) is 3.36. The summed E-state index contributed by atoms with van der Waals surface area (Å²) in [7, 11) is 1.79. The third-order valence-electron chi connectivity index (χ3n) is 3.10. The van der Waals surface area contributed by atoms with Gasteiger partial charge in [0.1, 0.15) is 5.82 Å². The lowest BCUT2D eigenvalue weighted by atomic mass is 10.2. The summed E-state index contributed by atoms with van der Waals surface area (Å²) >= 11 is 0. The minimum atomic E-state index is 0.560. The van der Waals surface area contributed by atoms with Gasteiger partial charge in [0.25, 0.3) is 0 Å². The molecule has 0 spiro atoms. The number of nitrogens with one attached hydrogen (secondary N) is 2. The third kappa shape index (κ3) is 2.60. The minimum absolute atomic E-state index is 0.560. The molecule has 0 radical (unpaired) electrons. The Morgan fingerprint density at radius 1 is 1.00 bits per heavy atom. The van der Waals surface area contributed by atoms with Gasteiger partial charge in [-0.15, -0.1) is 0 Å². The van der Waals surface area contributed by atoms with Crippen molar-refractivity contribution in [2.24, 2.45) is 0 Å². The van der Waals surface area contributed by atoms with Gasteiger partial charge in [-0.2, -0.15) is 10.2 Å². The summed E-state index contributed by atoms with van der Waals surface area (Å²) in [6, 6.07) is 17.2. The first-order chi connectivity index (χ1) is 10.3. The Labute approximate surface area is 122 Å². The number of fused-ring (bicyclic) bond motifs is 1. The van der Waals surface area contributed by atoms with E-state index in [2.05, 4.69) is 26.7 Å². The Balaban J connectivity index is 2.04. The van der Waals surface area contributed by atoms with E-state index in [4.69, 9.17) is 5.26 Å². The highest BCUT2D eigenvalue weighted by atomic mass is 15.1. The zero-order valence-corrected chi connectivity index (χ0v) is 11.5. The molecule has 0 amide bonds.